The first-order valence-corrected chi connectivity index (χ1v) is 6.92. The number of benzene rings is 1. The minimum atomic E-state index is -0.0921. The normalized spacial score (nSPS) is 10.8. The van der Waals surface area contributed by atoms with E-state index < -0.39 is 0 Å². The van der Waals surface area contributed by atoms with Crippen LogP contribution in [0.3, 0.4) is 0 Å². The van der Waals surface area contributed by atoms with Crippen LogP contribution in [-0.2, 0) is 6.54 Å². The second kappa shape index (κ2) is 5.09. The number of hydrogen-bond acceptors (Lipinski definition) is 3. The number of pyridine rings is 2. The summed E-state index contributed by atoms with van der Waals surface area (Å²) in [7, 11) is 0. The summed E-state index contributed by atoms with van der Waals surface area (Å²) in [6.07, 6.45) is 3.42. The molecule has 0 aliphatic rings. The monoisotopic (exact) mass is 329 g/mol. The highest BCUT2D eigenvalue weighted by molar-refractivity contribution is 9.10. The number of anilines is 1. The molecule has 0 aliphatic carbocycles. The third-order valence-corrected chi connectivity index (χ3v) is 3.65. The number of nitrogens with zero attached hydrogens (tertiary/aromatic N) is 2. The van der Waals surface area contributed by atoms with E-state index in [1.807, 2.05) is 30.3 Å². The van der Waals surface area contributed by atoms with Crippen molar-refractivity contribution in [3.8, 4) is 0 Å². The van der Waals surface area contributed by atoms with Crippen LogP contribution in [0.15, 0.2) is 58.1 Å². The van der Waals surface area contributed by atoms with Crippen molar-refractivity contribution in [2.24, 2.45) is 0 Å². The molecule has 0 radical (unpaired) electrons. The predicted molar refractivity (Wildman–Crippen MR) is 83.7 cm³/mol. The molecule has 0 fully saturated rings. The fourth-order valence-corrected chi connectivity index (χ4v) is 2.65. The Hall–Kier alpha value is -2.14. The van der Waals surface area contributed by atoms with E-state index in [-0.39, 0.29) is 5.56 Å². The summed E-state index contributed by atoms with van der Waals surface area (Å²) in [5.41, 5.74) is 8.21. The molecular formula is C15H12BrN3O. The standard InChI is InChI=1S/C15H12BrN3O/c16-13-7-12(17)9-19(15(13)20)8-10-3-4-14-11(6-10)2-1-5-18-14/h1-7,9H,8,17H2. The van der Waals surface area contributed by atoms with E-state index in [4.69, 9.17) is 5.73 Å². The van der Waals surface area contributed by atoms with Gasteiger partial charge in [-0.05, 0) is 45.8 Å². The molecule has 5 heteroatoms. The summed E-state index contributed by atoms with van der Waals surface area (Å²) in [6.45, 7) is 0.479. The first-order chi connectivity index (χ1) is 9.63. The van der Waals surface area contributed by atoms with Crippen molar-refractivity contribution in [2.75, 3.05) is 5.73 Å². The van der Waals surface area contributed by atoms with Gasteiger partial charge in [0.15, 0.2) is 0 Å². The summed E-state index contributed by atoms with van der Waals surface area (Å²) in [6, 6.07) is 11.5. The molecule has 2 aromatic heterocycles. The van der Waals surface area contributed by atoms with Gasteiger partial charge in [-0.1, -0.05) is 12.1 Å². The summed E-state index contributed by atoms with van der Waals surface area (Å²) in [4.78, 5) is 16.3. The van der Waals surface area contributed by atoms with Gasteiger partial charge in [-0.3, -0.25) is 9.78 Å². The Balaban J connectivity index is 2.03. The van der Waals surface area contributed by atoms with Crippen molar-refractivity contribution in [1.29, 1.82) is 0 Å². The maximum absolute atomic E-state index is 12.0. The number of nitrogens with two attached hydrogens (primary N) is 1. The molecule has 0 unspecified atom stereocenters. The van der Waals surface area contributed by atoms with Crippen molar-refractivity contribution < 1.29 is 0 Å². The predicted octanol–water partition coefficient (Wildman–Crippen LogP) is 2.79. The molecule has 0 atom stereocenters. The maximum Gasteiger partial charge on any atom is 0.265 e. The van der Waals surface area contributed by atoms with Crippen LogP contribution in [0.5, 0.6) is 0 Å². The van der Waals surface area contributed by atoms with Gasteiger partial charge in [-0.25, -0.2) is 0 Å². The van der Waals surface area contributed by atoms with E-state index in [0.717, 1.165) is 16.5 Å². The molecule has 20 heavy (non-hydrogen) atoms. The van der Waals surface area contributed by atoms with E-state index in [1.165, 1.54) is 0 Å². The van der Waals surface area contributed by atoms with Crippen molar-refractivity contribution in [1.82, 2.24) is 9.55 Å². The highest BCUT2D eigenvalue weighted by Gasteiger charge is 2.04. The van der Waals surface area contributed by atoms with Gasteiger partial charge in [0.1, 0.15) is 0 Å². The fraction of sp³-hybridized carbons (Fsp3) is 0.0667. The van der Waals surface area contributed by atoms with Crippen molar-refractivity contribution in [3.63, 3.8) is 0 Å². The van der Waals surface area contributed by atoms with E-state index in [9.17, 15) is 4.79 Å². The molecule has 0 amide bonds. The van der Waals surface area contributed by atoms with Crippen LogP contribution in [0.1, 0.15) is 5.56 Å². The largest absolute Gasteiger partial charge is 0.398 e. The van der Waals surface area contributed by atoms with Gasteiger partial charge < -0.3 is 10.3 Å². The van der Waals surface area contributed by atoms with Gasteiger partial charge in [-0.2, -0.15) is 0 Å². The van der Waals surface area contributed by atoms with Crippen molar-refractivity contribution >= 4 is 32.5 Å². The molecule has 3 rings (SSSR count). The van der Waals surface area contributed by atoms with Gasteiger partial charge >= 0.3 is 0 Å². The molecule has 0 bridgehead atoms. The van der Waals surface area contributed by atoms with Crippen LogP contribution in [0.2, 0.25) is 0 Å². The van der Waals surface area contributed by atoms with E-state index in [2.05, 4.69) is 20.9 Å². The van der Waals surface area contributed by atoms with Crippen LogP contribution < -0.4 is 11.3 Å². The van der Waals surface area contributed by atoms with E-state index in [0.29, 0.717) is 16.7 Å². The van der Waals surface area contributed by atoms with Crippen LogP contribution in [0.25, 0.3) is 10.9 Å². The molecule has 0 aliphatic heterocycles. The number of hydrogen-bond donors (Lipinski definition) is 1. The van der Waals surface area contributed by atoms with E-state index in [1.54, 1.807) is 23.0 Å². The zero-order valence-electron chi connectivity index (χ0n) is 10.6. The van der Waals surface area contributed by atoms with Gasteiger partial charge in [0.2, 0.25) is 0 Å². The Labute approximate surface area is 124 Å². The Morgan fingerprint density at radius 3 is 2.95 bits per heavy atom. The SMILES string of the molecule is Nc1cc(Br)c(=O)n(Cc2ccc3ncccc3c2)c1. The molecule has 0 spiro atoms. The maximum atomic E-state index is 12.0. The highest BCUT2D eigenvalue weighted by Crippen LogP contribution is 2.15. The Kier molecular flexibility index (Phi) is 3.28. The number of rotatable bonds is 2. The summed E-state index contributed by atoms with van der Waals surface area (Å²) in [5, 5.41) is 1.06. The van der Waals surface area contributed by atoms with Crippen LogP contribution >= 0.6 is 15.9 Å². The number of aromatic nitrogens is 2. The molecule has 2 N–H and O–H groups in total. The van der Waals surface area contributed by atoms with Crippen LogP contribution in [0.4, 0.5) is 5.69 Å². The molecule has 3 aromatic rings. The average Bonchev–Trinajstić information content (AvgIpc) is 2.44. The molecular weight excluding hydrogens is 318 g/mol. The summed E-state index contributed by atoms with van der Waals surface area (Å²) >= 11 is 3.23. The second-order valence-corrected chi connectivity index (χ2v) is 5.44. The zero-order valence-corrected chi connectivity index (χ0v) is 12.2. The average molecular weight is 330 g/mol. The summed E-state index contributed by atoms with van der Waals surface area (Å²) < 4.78 is 2.07. The molecule has 1 aromatic carbocycles. The molecule has 4 nitrogen and oxygen atoms in total. The van der Waals surface area contributed by atoms with Crippen molar-refractivity contribution in [3.05, 3.63) is 69.2 Å². The lowest BCUT2D eigenvalue weighted by molar-refractivity contribution is 0.758. The third kappa shape index (κ3) is 2.44. The molecule has 0 saturated heterocycles. The zero-order chi connectivity index (χ0) is 14.1. The number of nitrogen functional groups attached to an aromatic ring is 1. The Bertz CT molecular complexity index is 842. The van der Waals surface area contributed by atoms with Crippen molar-refractivity contribution in [2.45, 2.75) is 6.54 Å². The van der Waals surface area contributed by atoms with Gasteiger partial charge in [0.05, 0.1) is 16.5 Å². The smallest absolute Gasteiger partial charge is 0.265 e. The molecule has 100 valence electrons. The van der Waals surface area contributed by atoms with Crippen LogP contribution in [0, 0.1) is 0 Å². The number of halogens is 1. The van der Waals surface area contributed by atoms with Gasteiger partial charge in [0.25, 0.3) is 5.56 Å². The molecule has 2 heterocycles. The Morgan fingerprint density at radius 1 is 1.25 bits per heavy atom. The minimum Gasteiger partial charge on any atom is -0.398 e. The lowest BCUT2D eigenvalue weighted by Crippen LogP contribution is -2.21. The molecule has 0 saturated carbocycles. The fourth-order valence-electron chi connectivity index (χ4n) is 2.16. The van der Waals surface area contributed by atoms with Crippen LogP contribution in [-0.4, -0.2) is 9.55 Å². The second-order valence-electron chi connectivity index (χ2n) is 4.58. The quantitative estimate of drug-likeness (QED) is 0.786. The van der Waals surface area contributed by atoms with Gasteiger partial charge in [0, 0.05) is 23.5 Å². The highest BCUT2D eigenvalue weighted by atomic mass is 79.9. The van der Waals surface area contributed by atoms with E-state index >= 15 is 0 Å². The minimum absolute atomic E-state index is 0.0921. The van der Waals surface area contributed by atoms with Gasteiger partial charge in [-0.15, -0.1) is 0 Å². The Morgan fingerprint density at radius 2 is 2.10 bits per heavy atom. The third-order valence-electron chi connectivity index (χ3n) is 3.08. The first-order valence-electron chi connectivity index (χ1n) is 6.12. The topological polar surface area (TPSA) is 60.9 Å². The lowest BCUT2D eigenvalue weighted by atomic mass is 10.1. The lowest BCUT2D eigenvalue weighted by Gasteiger charge is -2.08. The summed E-state index contributed by atoms with van der Waals surface area (Å²) in [5.74, 6) is 0. The number of fused-ring (bicyclic) bond motifs is 1. The first kappa shape index (κ1) is 12.9.